The minimum Gasteiger partial charge on any atom is -0.461 e. The molecule has 5 atom stereocenters. The van der Waals surface area contributed by atoms with Gasteiger partial charge in [0.05, 0.1) is 16.6 Å². The van der Waals surface area contributed by atoms with Gasteiger partial charge in [0.1, 0.15) is 12.6 Å². The lowest BCUT2D eigenvalue weighted by molar-refractivity contribution is -0.153. The Morgan fingerprint density at radius 1 is 1.31 bits per heavy atom. The molecular formula is C24H36N2O5S. The molecule has 2 amide bonds. The van der Waals surface area contributed by atoms with E-state index in [4.69, 9.17) is 4.74 Å². The van der Waals surface area contributed by atoms with Crippen molar-refractivity contribution in [3.8, 4) is 0 Å². The summed E-state index contributed by atoms with van der Waals surface area (Å²) in [7, 11) is 0. The summed E-state index contributed by atoms with van der Waals surface area (Å²) in [5, 5.41) is 9.40. The first-order valence-corrected chi connectivity index (χ1v) is 12.6. The molecule has 1 spiro atoms. The Hall–Kier alpha value is -1.80. The van der Waals surface area contributed by atoms with E-state index in [1.54, 1.807) is 27.6 Å². The number of aliphatic hydroxyl groups excluding tert-OH is 1. The number of ether oxygens (including phenoxy) is 1. The van der Waals surface area contributed by atoms with Crippen LogP contribution in [0.4, 0.5) is 0 Å². The molecule has 32 heavy (non-hydrogen) atoms. The molecule has 178 valence electrons. The van der Waals surface area contributed by atoms with Gasteiger partial charge in [-0.3, -0.25) is 14.4 Å². The van der Waals surface area contributed by atoms with Gasteiger partial charge in [-0.1, -0.05) is 38.5 Å². The molecular weight excluding hydrogens is 428 g/mol. The molecule has 0 aromatic heterocycles. The van der Waals surface area contributed by atoms with Crippen LogP contribution in [0.5, 0.6) is 0 Å². The fraction of sp³-hybridized carbons (Fsp3) is 0.708. The van der Waals surface area contributed by atoms with Gasteiger partial charge in [-0.2, -0.15) is 0 Å². The summed E-state index contributed by atoms with van der Waals surface area (Å²) in [6.45, 7) is 10.9. The van der Waals surface area contributed by atoms with Crippen LogP contribution in [0.1, 0.15) is 45.4 Å². The van der Waals surface area contributed by atoms with Crippen LogP contribution < -0.4 is 0 Å². The average Bonchev–Trinajstić information content (AvgIpc) is 3.42. The minimum absolute atomic E-state index is 0.00972. The smallest absolute Gasteiger partial charge is 0.311 e. The Labute approximate surface area is 195 Å². The summed E-state index contributed by atoms with van der Waals surface area (Å²) >= 11 is 1.64. The van der Waals surface area contributed by atoms with Gasteiger partial charge in [0, 0.05) is 31.5 Å². The van der Waals surface area contributed by atoms with Crippen molar-refractivity contribution < 1.29 is 24.2 Å². The van der Waals surface area contributed by atoms with Crippen molar-refractivity contribution in [2.75, 3.05) is 32.8 Å². The molecule has 0 aromatic rings. The van der Waals surface area contributed by atoms with E-state index in [-0.39, 0.29) is 36.2 Å². The average molecular weight is 465 g/mol. The molecule has 7 nitrogen and oxygen atoms in total. The number of aliphatic hydroxyl groups is 1. The van der Waals surface area contributed by atoms with E-state index in [0.29, 0.717) is 26.1 Å². The third-order valence-corrected chi connectivity index (χ3v) is 8.85. The predicted octanol–water partition coefficient (Wildman–Crippen LogP) is 2.39. The molecule has 0 aromatic carbocycles. The number of rotatable bonds is 13. The Morgan fingerprint density at radius 3 is 2.75 bits per heavy atom. The zero-order valence-electron chi connectivity index (χ0n) is 19.0. The second-order valence-corrected chi connectivity index (χ2v) is 10.5. The number of thioether (sulfide) groups is 1. The summed E-state index contributed by atoms with van der Waals surface area (Å²) in [6.07, 6.45) is 8.14. The van der Waals surface area contributed by atoms with Crippen LogP contribution in [0.3, 0.4) is 0 Å². The molecule has 2 unspecified atom stereocenters. The molecule has 3 heterocycles. The second-order valence-electron chi connectivity index (χ2n) is 8.86. The van der Waals surface area contributed by atoms with Crippen LogP contribution in [-0.2, 0) is 19.1 Å². The molecule has 0 radical (unpaired) electrons. The third-order valence-electron chi connectivity index (χ3n) is 6.90. The molecule has 0 saturated carbocycles. The molecule has 0 aliphatic carbocycles. The van der Waals surface area contributed by atoms with Crippen LogP contribution in [-0.4, -0.2) is 81.6 Å². The Bertz CT molecular complexity index is 744. The van der Waals surface area contributed by atoms with E-state index < -0.39 is 22.6 Å². The zero-order valence-corrected chi connectivity index (χ0v) is 19.9. The lowest BCUT2D eigenvalue weighted by Gasteiger charge is -2.37. The van der Waals surface area contributed by atoms with Crippen LogP contribution in [0.15, 0.2) is 25.3 Å². The molecule has 2 bridgehead atoms. The maximum absolute atomic E-state index is 13.9. The topological polar surface area (TPSA) is 87.2 Å². The second kappa shape index (κ2) is 10.9. The maximum atomic E-state index is 13.9. The van der Waals surface area contributed by atoms with Crippen LogP contribution in [0.2, 0.25) is 0 Å². The van der Waals surface area contributed by atoms with Crippen molar-refractivity contribution in [2.24, 2.45) is 11.8 Å². The minimum atomic E-state index is -0.625. The highest BCUT2D eigenvalue weighted by Gasteiger charge is 2.74. The first-order chi connectivity index (χ1) is 15.5. The number of nitrogens with zero attached hydrogens (tertiary/aromatic N) is 2. The highest BCUT2D eigenvalue weighted by atomic mass is 32.2. The molecule has 3 saturated heterocycles. The van der Waals surface area contributed by atoms with Gasteiger partial charge < -0.3 is 19.6 Å². The van der Waals surface area contributed by atoms with Crippen LogP contribution in [0, 0.1) is 11.8 Å². The Kier molecular flexibility index (Phi) is 8.44. The molecule has 3 aliphatic rings. The lowest BCUT2D eigenvalue weighted by Crippen LogP contribution is -2.55. The summed E-state index contributed by atoms with van der Waals surface area (Å²) in [4.78, 5) is 43.9. The van der Waals surface area contributed by atoms with Gasteiger partial charge in [-0.05, 0) is 25.7 Å². The van der Waals surface area contributed by atoms with Crippen molar-refractivity contribution in [1.82, 2.24) is 9.80 Å². The van der Waals surface area contributed by atoms with E-state index in [1.807, 2.05) is 0 Å². The van der Waals surface area contributed by atoms with Gasteiger partial charge in [0.15, 0.2) is 0 Å². The van der Waals surface area contributed by atoms with E-state index in [9.17, 15) is 19.5 Å². The van der Waals surface area contributed by atoms with Crippen molar-refractivity contribution in [3.63, 3.8) is 0 Å². The van der Waals surface area contributed by atoms with Crippen molar-refractivity contribution in [2.45, 2.75) is 61.5 Å². The standard InChI is InChI=1S/C24H36N2O5S/c1-4-7-8-13-25(12-5-2)22(29)20-24-11-10-17(32-24)18(23(30)31-16-6-3)19(24)21(28)26(20)14-9-15-27/h5-6,17-20,27H,2-4,7-16H2,1H3/t17-,18+,19-,20?,24?/m0/s1. The number of esters is 1. The molecule has 3 aliphatic heterocycles. The molecule has 3 fully saturated rings. The largest absolute Gasteiger partial charge is 0.461 e. The predicted molar refractivity (Wildman–Crippen MR) is 125 cm³/mol. The molecule has 1 N–H and O–H groups in total. The number of unbranched alkanes of at least 4 members (excludes halogenated alkanes) is 2. The van der Waals surface area contributed by atoms with E-state index in [1.165, 1.54) is 6.08 Å². The van der Waals surface area contributed by atoms with Gasteiger partial charge in [0.2, 0.25) is 11.8 Å². The van der Waals surface area contributed by atoms with E-state index >= 15 is 0 Å². The van der Waals surface area contributed by atoms with Gasteiger partial charge in [0.25, 0.3) is 0 Å². The maximum Gasteiger partial charge on any atom is 0.311 e. The molecule has 8 heteroatoms. The van der Waals surface area contributed by atoms with Gasteiger partial charge >= 0.3 is 5.97 Å². The first-order valence-electron chi connectivity index (χ1n) is 11.7. The fourth-order valence-corrected chi connectivity index (χ4v) is 7.79. The van der Waals surface area contributed by atoms with Crippen molar-refractivity contribution in [1.29, 1.82) is 0 Å². The van der Waals surface area contributed by atoms with Crippen LogP contribution >= 0.6 is 11.8 Å². The number of amides is 2. The monoisotopic (exact) mass is 464 g/mol. The van der Waals surface area contributed by atoms with Crippen molar-refractivity contribution in [3.05, 3.63) is 25.3 Å². The summed E-state index contributed by atoms with van der Waals surface area (Å²) < 4.78 is 4.74. The quantitative estimate of drug-likeness (QED) is 0.256. The molecule has 3 rings (SSSR count). The number of likely N-dealkylation sites (tertiary alicyclic amines) is 1. The summed E-state index contributed by atoms with van der Waals surface area (Å²) in [5.41, 5.74) is 0. The van der Waals surface area contributed by atoms with Crippen LogP contribution in [0.25, 0.3) is 0 Å². The highest BCUT2D eigenvalue weighted by Crippen LogP contribution is 2.66. The SMILES string of the molecule is C=CCOC(=O)[C@@H]1[C@@H]2CCC3(S2)C(C(=O)N(CC=C)CCCCC)N(CCCO)C(=O)[C@H]13. The zero-order chi connectivity index (χ0) is 23.3. The number of hydrogen-bond donors (Lipinski definition) is 1. The highest BCUT2D eigenvalue weighted by molar-refractivity contribution is 8.02. The van der Waals surface area contributed by atoms with Gasteiger partial charge in [-0.25, -0.2) is 0 Å². The number of carbonyl (C=O) groups excluding carboxylic acids is 3. The van der Waals surface area contributed by atoms with E-state index in [2.05, 4.69) is 20.1 Å². The summed E-state index contributed by atoms with van der Waals surface area (Å²) in [6, 6.07) is -0.625. The number of hydrogen-bond acceptors (Lipinski definition) is 6. The third kappa shape index (κ3) is 4.36. The fourth-order valence-electron chi connectivity index (χ4n) is 5.59. The van der Waals surface area contributed by atoms with Crippen molar-refractivity contribution >= 4 is 29.5 Å². The number of carbonyl (C=O) groups is 3. The lowest BCUT2D eigenvalue weighted by atomic mass is 9.71. The normalized spacial score (nSPS) is 30.3. The Balaban J connectivity index is 1.93. The summed E-state index contributed by atoms with van der Waals surface area (Å²) in [5.74, 6) is -1.69. The van der Waals surface area contributed by atoms with Gasteiger partial charge in [-0.15, -0.1) is 18.3 Å². The first kappa shape index (κ1) is 24.8. The number of fused-ring (bicyclic) bond motifs is 1. The van der Waals surface area contributed by atoms with E-state index in [0.717, 1.165) is 32.1 Å². The Morgan fingerprint density at radius 2 is 2.09 bits per heavy atom.